The van der Waals surface area contributed by atoms with E-state index in [9.17, 15) is 4.79 Å². The van der Waals surface area contributed by atoms with Crippen LogP contribution >= 0.6 is 0 Å². The standard InChI is InChI=1S/C12H19N3O2/c1-15(12(16)11(13)9-17-2)8-6-10-5-3-4-7-14-10/h3-5,7,11H,6,8-9,13H2,1-2H3. The number of rotatable bonds is 6. The van der Waals surface area contributed by atoms with Gasteiger partial charge in [-0.3, -0.25) is 9.78 Å². The molecule has 0 saturated heterocycles. The molecule has 5 nitrogen and oxygen atoms in total. The highest BCUT2D eigenvalue weighted by Crippen LogP contribution is 1.98. The van der Waals surface area contributed by atoms with E-state index in [2.05, 4.69) is 4.98 Å². The van der Waals surface area contributed by atoms with Crippen LogP contribution in [0.1, 0.15) is 5.69 Å². The molecule has 0 fully saturated rings. The number of nitrogens with two attached hydrogens (primary N) is 1. The van der Waals surface area contributed by atoms with Crippen molar-refractivity contribution in [3.8, 4) is 0 Å². The number of nitrogens with zero attached hydrogens (tertiary/aromatic N) is 2. The Kier molecular flexibility index (Phi) is 5.59. The normalized spacial score (nSPS) is 12.2. The van der Waals surface area contributed by atoms with Crippen molar-refractivity contribution in [3.63, 3.8) is 0 Å². The zero-order valence-corrected chi connectivity index (χ0v) is 10.3. The maximum atomic E-state index is 11.8. The zero-order chi connectivity index (χ0) is 12.7. The fraction of sp³-hybridized carbons (Fsp3) is 0.500. The number of hydrogen-bond acceptors (Lipinski definition) is 4. The highest BCUT2D eigenvalue weighted by Gasteiger charge is 2.17. The van der Waals surface area contributed by atoms with Crippen LogP contribution in [0.2, 0.25) is 0 Å². The molecule has 1 heterocycles. The fourth-order valence-electron chi connectivity index (χ4n) is 1.47. The molecule has 0 spiro atoms. The van der Waals surface area contributed by atoms with Gasteiger partial charge in [-0.25, -0.2) is 0 Å². The lowest BCUT2D eigenvalue weighted by molar-refractivity contribution is -0.132. The molecule has 1 rings (SSSR count). The summed E-state index contributed by atoms with van der Waals surface area (Å²) < 4.78 is 4.85. The van der Waals surface area contributed by atoms with E-state index >= 15 is 0 Å². The Hall–Kier alpha value is -1.46. The molecule has 0 aliphatic heterocycles. The molecule has 1 amide bonds. The maximum absolute atomic E-state index is 11.8. The number of carbonyl (C=O) groups is 1. The fourth-order valence-corrected chi connectivity index (χ4v) is 1.47. The second-order valence-electron chi connectivity index (χ2n) is 3.89. The van der Waals surface area contributed by atoms with E-state index in [1.165, 1.54) is 7.11 Å². The third-order valence-corrected chi connectivity index (χ3v) is 2.47. The smallest absolute Gasteiger partial charge is 0.241 e. The molecule has 1 unspecified atom stereocenters. The lowest BCUT2D eigenvalue weighted by atomic mass is 10.2. The summed E-state index contributed by atoms with van der Waals surface area (Å²) >= 11 is 0. The average Bonchev–Trinajstić information content (AvgIpc) is 2.36. The zero-order valence-electron chi connectivity index (χ0n) is 10.3. The Morgan fingerprint density at radius 3 is 2.94 bits per heavy atom. The average molecular weight is 237 g/mol. The first-order valence-corrected chi connectivity index (χ1v) is 5.54. The molecule has 0 aliphatic rings. The van der Waals surface area contributed by atoms with Crippen LogP contribution in [0.4, 0.5) is 0 Å². The number of pyridine rings is 1. The number of methoxy groups -OCH3 is 1. The van der Waals surface area contributed by atoms with Crippen molar-refractivity contribution in [1.29, 1.82) is 0 Å². The summed E-state index contributed by atoms with van der Waals surface area (Å²) in [5, 5.41) is 0. The van der Waals surface area contributed by atoms with Gasteiger partial charge in [0.1, 0.15) is 6.04 Å². The topological polar surface area (TPSA) is 68.5 Å². The van der Waals surface area contributed by atoms with Crippen molar-refractivity contribution >= 4 is 5.91 Å². The summed E-state index contributed by atoms with van der Waals surface area (Å²) in [4.78, 5) is 17.6. The number of likely N-dealkylation sites (N-methyl/N-ethyl adjacent to an activating group) is 1. The predicted molar refractivity (Wildman–Crippen MR) is 65.4 cm³/mol. The lowest BCUT2D eigenvalue weighted by Gasteiger charge is -2.20. The van der Waals surface area contributed by atoms with Gasteiger partial charge < -0.3 is 15.4 Å². The molecule has 5 heteroatoms. The van der Waals surface area contributed by atoms with Gasteiger partial charge in [0, 0.05) is 39.0 Å². The summed E-state index contributed by atoms with van der Waals surface area (Å²) in [5.74, 6) is -0.109. The molecule has 1 atom stereocenters. The van der Waals surface area contributed by atoms with Crippen molar-refractivity contribution in [2.45, 2.75) is 12.5 Å². The molecule has 17 heavy (non-hydrogen) atoms. The van der Waals surface area contributed by atoms with Crippen molar-refractivity contribution < 1.29 is 9.53 Å². The third-order valence-electron chi connectivity index (χ3n) is 2.47. The molecule has 2 N–H and O–H groups in total. The van der Waals surface area contributed by atoms with Crippen LogP contribution in [-0.4, -0.2) is 49.1 Å². The van der Waals surface area contributed by atoms with E-state index in [-0.39, 0.29) is 12.5 Å². The van der Waals surface area contributed by atoms with E-state index in [4.69, 9.17) is 10.5 Å². The van der Waals surface area contributed by atoms with Gasteiger partial charge in [0.2, 0.25) is 5.91 Å². The summed E-state index contributed by atoms with van der Waals surface area (Å²) in [5.41, 5.74) is 6.63. The van der Waals surface area contributed by atoms with Gasteiger partial charge in [-0.1, -0.05) is 6.07 Å². The largest absolute Gasteiger partial charge is 0.383 e. The van der Waals surface area contributed by atoms with E-state index < -0.39 is 6.04 Å². The molecule has 0 saturated carbocycles. The Bertz CT molecular complexity index is 343. The molecule has 94 valence electrons. The molecular weight excluding hydrogens is 218 g/mol. The highest BCUT2D eigenvalue weighted by atomic mass is 16.5. The van der Waals surface area contributed by atoms with Crippen molar-refractivity contribution in [2.75, 3.05) is 27.3 Å². The summed E-state index contributed by atoms with van der Waals surface area (Å²) in [6.45, 7) is 0.847. The molecule has 0 bridgehead atoms. The number of hydrogen-bond donors (Lipinski definition) is 1. The second kappa shape index (κ2) is 6.98. The van der Waals surface area contributed by atoms with E-state index in [0.717, 1.165) is 12.1 Å². The highest BCUT2D eigenvalue weighted by molar-refractivity contribution is 5.81. The third kappa shape index (κ3) is 4.50. The van der Waals surface area contributed by atoms with Crippen molar-refractivity contribution in [1.82, 2.24) is 9.88 Å². The van der Waals surface area contributed by atoms with Crippen LogP contribution in [0, 0.1) is 0 Å². The number of carbonyl (C=O) groups excluding carboxylic acids is 1. The van der Waals surface area contributed by atoms with Crippen LogP contribution in [0.3, 0.4) is 0 Å². The first kappa shape index (κ1) is 13.6. The van der Waals surface area contributed by atoms with E-state index in [1.54, 1.807) is 18.1 Å². The van der Waals surface area contributed by atoms with Gasteiger partial charge in [0.05, 0.1) is 6.61 Å². The first-order chi connectivity index (χ1) is 8.15. The van der Waals surface area contributed by atoms with Crippen molar-refractivity contribution in [2.24, 2.45) is 5.73 Å². The molecule has 0 radical (unpaired) electrons. The molecule has 1 aromatic rings. The summed E-state index contributed by atoms with van der Waals surface area (Å²) in [6, 6.07) is 5.15. The van der Waals surface area contributed by atoms with Gasteiger partial charge in [-0.15, -0.1) is 0 Å². The minimum atomic E-state index is -0.589. The maximum Gasteiger partial charge on any atom is 0.241 e. The van der Waals surface area contributed by atoms with Gasteiger partial charge in [0.25, 0.3) is 0 Å². The first-order valence-electron chi connectivity index (χ1n) is 5.54. The molecule has 1 aromatic heterocycles. The predicted octanol–water partition coefficient (Wildman–Crippen LogP) is 0.0562. The van der Waals surface area contributed by atoms with E-state index in [1.807, 2.05) is 18.2 Å². The van der Waals surface area contributed by atoms with Crippen LogP contribution < -0.4 is 5.73 Å². The quantitative estimate of drug-likeness (QED) is 0.759. The van der Waals surface area contributed by atoms with Gasteiger partial charge >= 0.3 is 0 Å². The Balaban J connectivity index is 2.39. The van der Waals surface area contributed by atoms with Gasteiger partial charge in [-0.2, -0.15) is 0 Å². The SMILES string of the molecule is COCC(N)C(=O)N(C)CCc1ccccn1. The summed E-state index contributed by atoms with van der Waals surface area (Å²) in [6.07, 6.45) is 2.47. The Morgan fingerprint density at radius 2 is 2.35 bits per heavy atom. The van der Waals surface area contributed by atoms with Crippen LogP contribution in [0.25, 0.3) is 0 Å². The van der Waals surface area contributed by atoms with E-state index in [0.29, 0.717) is 6.54 Å². The van der Waals surface area contributed by atoms with Crippen molar-refractivity contribution in [3.05, 3.63) is 30.1 Å². The van der Waals surface area contributed by atoms with Gasteiger partial charge in [0.15, 0.2) is 0 Å². The van der Waals surface area contributed by atoms with Crippen LogP contribution in [0.15, 0.2) is 24.4 Å². The van der Waals surface area contributed by atoms with Crippen LogP contribution in [0.5, 0.6) is 0 Å². The van der Waals surface area contributed by atoms with Gasteiger partial charge in [-0.05, 0) is 12.1 Å². The monoisotopic (exact) mass is 237 g/mol. The molecular formula is C12H19N3O2. The number of amides is 1. The van der Waals surface area contributed by atoms with Crippen LogP contribution in [-0.2, 0) is 16.0 Å². The molecule has 0 aromatic carbocycles. The molecule has 0 aliphatic carbocycles. The minimum absolute atomic E-state index is 0.109. The Morgan fingerprint density at radius 1 is 1.59 bits per heavy atom. The number of ether oxygens (including phenoxy) is 1. The number of aromatic nitrogens is 1. The summed E-state index contributed by atoms with van der Waals surface area (Å²) in [7, 11) is 3.27. The minimum Gasteiger partial charge on any atom is -0.383 e. The second-order valence-corrected chi connectivity index (χ2v) is 3.89. The Labute approximate surface area is 102 Å². The lowest BCUT2D eigenvalue weighted by Crippen LogP contribution is -2.45.